The Morgan fingerprint density at radius 3 is 2.42 bits per heavy atom. The van der Waals surface area contributed by atoms with Crippen molar-refractivity contribution in [2.45, 2.75) is 31.4 Å². The molecule has 0 unspecified atom stereocenters. The van der Waals surface area contributed by atoms with Gasteiger partial charge in [-0.2, -0.15) is 0 Å². The van der Waals surface area contributed by atoms with E-state index < -0.39 is 10.0 Å². The molecule has 2 fully saturated rings. The number of likely N-dealkylation sites (tertiary alicyclic amines) is 1. The molecule has 0 N–H and O–H groups in total. The number of rotatable bonds is 4. The van der Waals surface area contributed by atoms with Crippen LogP contribution in [0.3, 0.4) is 0 Å². The van der Waals surface area contributed by atoms with E-state index in [2.05, 4.69) is 0 Å². The van der Waals surface area contributed by atoms with Crippen LogP contribution in [0.1, 0.15) is 31.2 Å². The Hall–Kier alpha value is -1.11. The van der Waals surface area contributed by atoms with Gasteiger partial charge >= 0.3 is 0 Å². The molecule has 24 heavy (non-hydrogen) atoms. The van der Waals surface area contributed by atoms with E-state index in [4.69, 9.17) is 11.6 Å². The fourth-order valence-electron chi connectivity index (χ4n) is 3.47. The first-order valence-corrected chi connectivity index (χ1v) is 10.5. The molecule has 0 aromatic heterocycles. The monoisotopic (exact) mass is 370 g/mol. The zero-order valence-corrected chi connectivity index (χ0v) is 15.2. The number of hydrogen-bond donors (Lipinski definition) is 0. The quantitative estimate of drug-likeness (QED) is 0.818. The highest BCUT2D eigenvalue weighted by Crippen LogP contribution is 2.24. The lowest BCUT2D eigenvalue weighted by Crippen LogP contribution is -2.46. The summed E-state index contributed by atoms with van der Waals surface area (Å²) in [6, 6.07) is 6.86. The van der Waals surface area contributed by atoms with Gasteiger partial charge in [-0.3, -0.25) is 4.79 Å². The fourth-order valence-corrected chi connectivity index (χ4v) is 5.21. The van der Waals surface area contributed by atoms with Gasteiger partial charge in [0.15, 0.2) is 0 Å². The second kappa shape index (κ2) is 7.42. The van der Waals surface area contributed by atoms with Crippen LogP contribution >= 0.6 is 11.6 Å². The van der Waals surface area contributed by atoms with Crippen LogP contribution in [0.4, 0.5) is 0 Å². The largest absolute Gasteiger partial charge is 0.342 e. The predicted molar refractivity (Wildman–Crippen MR) is 94.2 cm³/mol. The Bertz CT molecular complexity index is 684. The lowest BCUT2D eigenvalue weighted by Gasteiger charge is -2.33. The van der Waals surface area contributed by atoms with Crippen molar-refractivity contribution < 1.29 is 13.2 Å². The molecule has 132 valence electrons. The number of carbonyl (C=O) groups is 1. The number of sulfonamides is 1. The Labute approximate surface area is 148 Å². The zero-order valence-electron chi connectivity index (χ0n) is 13.7. The third kappa shape index (κ3) is 4.10. The van der Waals surface area contributed by atoms with Gasteiger partial charge < -0.3 is 4.90 Å². The first-order chi connectivity index (χ1) is 11.5. The zero-order chi connectivity index (χ0) is 17.2. The fraction of sp³-hybridized carbons (Fsp3) is 0.588. The van der Waals surface area contributed by atoms with Crippen molar-refractivity contribution >= 4 is 27.5 Å². The normalized spacial score (nSPS) is 22.7. The molecule has 1 atom stereocenters. The summed E-state index contributed by atoms with van der Waals surface area (Å²) in [7, 11) is -3.42. The van der Waals surface area contributed by atoms with Crippen molar-refractivity contribution in [2.75, 3.05) is 26.2 Å². The van der Waals surface area contributed by atoms with Crippen LogP contribution in [-0.4, -0.2) is 49.7 Å². The van der Waals surface area contributed by atoms with Crippen LogP contribution < -0.4 is 0 Å². The van der Waals surface area contributed by atoms with E-state index in [0.29, 0.717) is 23.7 Å². The lowest BCUT2D eigenvalue weighted by atomic mass is 9.98. The molecular weight excluding hydrogens is 348 g/mol. The van der Waals surface area contributed by atoms with Gasteiger partial charge in [-0.25, -0.2) is 12.7 Å². The second-order valence-corrected chi connectivity index (χ2v) is 9.02. The summed E-state index contributed by atoms with van der Waals surface area (Å²) in [5, 5.41) is 0.588. The van der Waals surface area contributed by atoms with E-state index in [9.17, 15) is 13.2 Å². The van der Waals surface area contributed by atoms with Crippen LogP contribution in [0.15, 0.2) is 24.3 Å². The minimum absolute atomic E-state index is 0.0468. The number of benzene rings is 1. The van der Waals surface area contributed by atoms with Crippen molar-refractivity contribution in [3.05, 3.63) is 34.9 Å². The molecule has 0 aliphatic carbocycles. The molecule has 3 rings (SSSR count). The van der Waals surface area contributed by atoms with Gasteiger partial charge in [0.25, 0.3) is 0 Å². The van der Waals surface area contributed by atoms with Crippen LogP contribution in [0, 0.1) is 5.92 Å². The van der Waals surface area contributed by atoms with Crippen LogP contribution in [-0.2, 0) is 20.6 Å². The SMILES string of the molecule is O=C([C@H]1CCCN(S(=O)(=O)Cc2ccc(Cl)cc2)C1)N1CCCC1. The molecule has 2 aliphatic rings. The minimum atomic E-state index is -3.42. The van der Waals surface area contributed by atoms with Crippen LogP contribution in [0.5, 0.6) is 0 Å². The molecule has 2 saturated heterocycles. The van der Waals surface area contributed by atoms with Gasteiger partial charge in [-0.15, -0.1) is 0 Å². The van der Waals surface area contributed by atoms with Crippen molar-refractivity contribution in [1.29, 1.82) is 0 Å². The van der Waals surface area contributed by atoms with E-state index in [1.807, 2.05) is 4.90 Å². The number of amides is 1. The number of carbonyl (C=O) groups excluding carboxylic acids is 1. The lowest BCUT2D eigenvalue weighted by molar-refractivity contribution is -0.135. The summed E-state index contributed by atoms with van der Waals surface area (Å²) in [6.45, 7) is 2.44. The number of hydrogen-bond acceptors (Lipinski definition) is 3. The highest BCUT2D eigenvalue weighted by Gasteiger charge is 2.34. The summed E-state index contributed by atoms with van der Waals surface area (Å²) in [4.78, 5) is 14.4. The topological polar surface area (TPSA) is 57.7 Å². The molecular formula is C17H23ClN2O3S. The smallest absolute Gasteiger partial charge is 0.227 e. The van der Waals surface area contributed by atoms with E-state index in [-0.39, 0.29) is 17.6 Å². The van der Waals surface area contributed by atoms with Gasteiger partial charge in [-0.1, -0.05) is 23.7 Å². The summed E-state index contributed by atoms with van der Waals surface area (Å²) in [6.07, 6.45) is 3.63. The van der Waals surface area contributed by atoms with Crippen LogP contribution in [0.25, 0.3) is 0 Å². The van der Waals surface area contributed by atoms with E-state index in [1.165, 1.54) is 4.31 Å². The number of halogens is 1. The average molecular weight is 371 g/mol. The van der Waals surface area contributed by atoms with E-state index >= 15 is 0 Å². The summed E-state index contributed by atoms with van der Waals surface area (Å²) < 4.78 is 26.9. The Morgan fingerprint density at radius 2 is 1.75 bits per heavy atom. The third-order valence-electron chi connectivity index (χ3n) is 4.81. The van der Waals surface area contributed by atoms with Gasteiger partial charge in [0, 0.05) is 31.2 Å². The van der Waals surface area contributed by atoms with Crippen molar-refractivity contribution in [2.24, 2.45) is 5.92 Å². The summed E-state index contributed by atoms with van der Waals surface area (Å²) >= 11 is 5.85. The molecule has 0 saturated carbocycles. The minimum Gasteiger partial charge on any atom is -0.342 e. The Morgan fingerprint density at radius 1 is 1.08 bits per heavy atom. The first-order valence-electron chi connectivity index (χ1n) is 8.47. The molecule has 2 heterocycles. The van der Waals surface area contributed by atoms with Crippen molar-refractivity contribution in [3.63, 3.8) is 0 Å². The van der Waals surface area contributed by atoms with Crippen LogP contribution in [0.2, 0.25) is 5.02 Å². The van der Waals surface area contributed by atoms with Crippen molar-refractivity contribution in [1.82, 2.24) is 9.21 Å². The highest BCUT2D eigenvalue weighted by atomic mass is 35.5. The highest BCUT2D eigenvalue weighted by molar-refractivity contribution is 7.88. The molecule has 1 amide bonds. The Balaban J connectivity index is 1.66. The molecule has 1 aromatic carbocycles. The number of nitrogens with zero attached hydrogens (tertiary/aromatic N) is 2. The Kier molecular flexibility index (Phi) is 5.47. The van der Waals surface area contributed by atoms with E-state index in [1.54, 1.807) is 24.3 Å². The maximum Gasteiger partial charge on any atom is 0.227 e. The predicted octanol–water partition coefficient (Wildman–Crippen LogP) is 2.50. The first kappa shape index (κ1) is 17.7. The maximum absolute atomic E-state index is 12.7. The van der Waals surface area contributed by atoms with Gasteiger partial charge in [-0.05, 0) is 43.4 Å². The second-order valence-electron chi connectivity index (χ2n) is 6.61. The van der Waals surface area contributed by atoms with Crippen molar-refractivity contribution in [3.8, 4) is 0 Å². The van der Waals surface area contributed by atoms with Gasteiger partial charge in [0.2, 0.25) is 15.9 Å². The average Bonchev–Trinajstić information content (AvgIpc) is 3.11. The molecule has 7 heteroatoms. The van der Waals surface area contributed by atoms with Gasteiger partial charge in [0.1, 0.15) is 0 Å². The molecule has 5 nitrogen and oxygen atoms in total. The van der Waals surface area contributed by atoms with E-state index in [0.717, 1.165) is 38.8 Å². The van der Waals surface area contributed by atoms with Gasteiger partial charge in [0.05, 0.1) is 11.7 Å². The summed E-state index contributed by atoms with van der Waals surface area (Å²) in [5.41, 5.74) is 0.715. The third-order valence-corrected chi connectivity index (χ3v) is 6.88. The molecule has 2 aliphatic heterocycles. The molecule has 0 spiro atoms. The maximum atomic E-state index is 12.7. The molecule has 0 bridgehead atoms. The molecule has 0 radical (unpaired) electrons. The summed E-state index contributed by atoms with van der Waals surface area (Å²) in [5.74, 6) is -0.120. The standard InChI is InChI=1S/C17H23ClN2O3S/c18-16-7-5-14(6-8-16)13-24(22,23)20-11-3-4-15(12-20)17(21)19-9-1-2-10-19/h5-8,15H,1-4,9-13H2/t15-/m0/s1. The number of piperidine rings is 1. The molecule has 1 aromatic rings.